The van der Waals surface area contributed by atoms with Crippen molar-refractivity contribution in [2.45, 2.75) is 12.5 Å². The van der Waals surface area contributed by atoms with E-state index in [0.29, 0.717) is 10.6 Å². The number of hydrogen-bond donors (Lipinski definition) is 3. The number of anilines is 1. The average Bonchev–Trinajstić information content (AvgIpc) is 2.68. The Morgan fingerprint density at radius 1 is 1.33 bits per heavy atom. The molecule has 1 unspecified atom stereocenters. The molecule has 8 heteroatoms. The molecule has 1 aliphatic rings. The second-order valence-corrected chi connectivity index (χ2v) is 4.47. The lowest BCUT2D eigenvalue weighted by atomic mass is 10.1. The van der Waals surface area contributed by atoms with Gasteiger partial charge in [0.25, 0.3) is 11.8 Å². The Kier molecular flexibility index (Phi) is 3.62. The van der Waals surface area contributed by atoms with Gasteiger partial charge in [-0.1, -0.05) is 6.07 Å². The molecule has 1 aromatic rings. The van der Waals surface area contributed by atoms with Crippen LogP contribution in [0.1, 0.15) is 27.1 Å². The molecule has 0 spiro atoms. The lowest BCUT2D eigenvalue weighted by Gasteiger charge is -2.21. The Morgan fingerprint density at radius 2 is 2.00 bits per heavy atom. The Balaban J connectivity index is 2.49. The van der Waals surface area contributed by atoms with Gasteiger partial charge in [-0.2, -0.15) is 0 Å². The summed E-state index contributed by atoms with van der Waals surface area (Å²) in [6, 6.07) is 3.11. The smallest absolute Gasteiger partial charge is 0.306 e. The third-order valence-corrected chi connectivity index (χ3v) is 3.22. The molecule has 0 saturated carbocycles. The first-order valence-corrected chi connectivity index (χ1v) is 6.08. The summed E-state index contributed by atoms with van der Waals surface area (Å²) in [4.78, 5) is 47.5. The van der Waals surface area contributed by atoms with Gasteiger partial charge in [-0.25, -0.2) is 0 Å². The second kappa shape index (κ2) is 5.23. The highest BCUT2D eigenvalue weighted by Gasteiger charge is 2.44. The summed E-state index contributed by atoms with van der Waals surface area (Å²) in [7, 11) is 1.58. The molecule has 0 bridgehead atoms. The van der Waals surface area contributed by atoms with Crippen LogP contribution >= 0.6 is 0 Å². The molecular formula is C13H13N3O5. The number of primary amides is 1. The van der Waals surface area contributed by atoms with Gasteiger partial charge < -0.3 is 16.2 Å². The molecule has 1 atom stereocenters. The number of hydrogen-bond acceptors (Lipinski definition) is 5. The second-order valence-electron chi connectivity index (χ2n) is 4.47. The number of carboxylic acids is 1. The van der Waals surface area contributed by atoms with E-state index in [4.69, 9.17) is 10.8 Å². The van der Waals surface area contributed by atoms with Crippen LogP contribution in [0.25, 0.3) is 0 Å². The van der Waals surface area contributed by atoms with E-state index >= 15 is 0 Å². The van der Waals surface area contributed by atoms with Crippen molar-refractivity contribution in [3.05, 3.63) is 29.3 Å². The number of nitrogens with one attached hydrogen (secondary N) is 1. The highest BCUT2D eigenvalue weighted by atomic mass is 16.4. The number of rotatable bonds is 5. The van der Waals surface area contributed by atoms with Crippen molar-refractivity contribution in [2.24, 2.45) is 5.73 Å². The third-order valence-electron chi connectivity index (χ3n) is 3.22. The summed E-state index contributed by atoms with van der Waals surface area (Å²) < 4.78 is 0. The summed E-state index contributed by atoms with van der Waals surface area (Å²) in [6.45, 7) is 0. The average molecular weight is 291 g/mol. The number of carboxylic acid groups (broad SMARTS) is 1. The molecule has 1 aliphatic heterocycles. The van der Waals surface area contributed by atoms with Crippen molar-refractivity contribution >= 4 is 29.4 Å². The van der Waals surface area contributed by atoms with Crippen LogP contribution in [0.2, 0.25) is 0 Å². The fourth-order valence-corrected chi connectivity index (χ4v) is 2.28. The van der Waals surface area contributed by atoms with Crippen LogP contribution < -0.4 is 11.1 Å². The van der Waals surface area contributed by atoms with E-state index in [1.54, 1.807) is 19.2 Å². The molecule has 0 fully saturated rings. The first-order chi connectivity index (χ1) is 9.88. The largest absolute Gasteiger partial charge is 0.481 e. The van der Waals surface area contributed by atoms with E-state index < -0.39 is 36.2 Å². The van der Waals surface area contributed by atoms with Crippen LogP contribution in [0.15, 0.2) is 18.2 Å². The number of imide groups is 1. The van der Waals surface area contributed by atoms with Crippen molar-refractivity contribution in [3.8, 4) is 0 Å². The number of carbonyl (C=O) groups excluding carboxylic acids is 3. The van der Waals surface area contributed by atoms with Gasteiger partial charge in [0.15, 0.2) is 0 Å². The molecule has 0 aromatic heterocycles. The van der Waals surface area contributed by atoms with E-state index in [1.807, 2.05) is 0 Å². The number of amides is 3. The summed E-state index contributed by atoms with van der Waals surface area (Å²) >= 11 is 0. The van der Waals surface area contributed by atoms with Gasteiger partial charge in [0.1, 0.15) is 6.04 Å². The molecule has 21 heavy (non-hydrogen) atoms. The number of fused-ring (bicyclic) bond motifs is 1. The van der Waals surface area contributed by atoms with Crippen molar-refractivity contribution in [2.75, 3.05) is 12.4 Å². The quantitative estimate of drug-likeness (QED) is 0.636. The van der Waals surface area contributed by atoms with Crippen molar-refractivity contribution < 1.29 is 24.3 Å². The number of carbonyl (C=O) groups is 4. The molecule has 4 N–H and O–H groups in total. The zero-order chi connectivity index (χ0) is 15.7. The molecule has 0 saturated heterocycles. The lowest BCUT2D eigenvalue weighted by molar-refractivity contribution is -0.140. The number of aliphatic carboxylic acids is 1. The third kappa shape index (κ3) is 2.31. The first-order valence-electron chi connectivity index (χ1n) is 6.08. The van der Waals surface area contributed by atoms with E-state index in [2.05, 4.69) is 5.32 Å². The topological polar surface area (TPSA) is 130 Å². The predicted molar refractivity (Wildman–Crippen MR) is 71.7 cm³/mol. The van der Waals surface area contributed by atoms with E-state index in [-0.39, 0.29) is 11.1 Å². The van der Waals surface area contributed by atoms with Crippen molar-refractivity contribution in [1.82, 2.24) is 4.90 Å². The molecule has 1 heterocycles. The van der Waals surface area contributed by atoms with Crippen LogP contribution in [0.3, 0.4) is 0 Å². The number of benzene rings is 1. The van der Waals surface area contributed by atoms with Gasteiger partial charge in [0, 0.05) is 12.7 Å². The lowest BCUT2D eigenvalue weighted by Crippen LogP contribution is -2.48. The van der Waals surface area contributed by atoms with Gasteiger partial charge in [-0.15, -0.1) is 0 Å². The van der Waals surface area contributed by atoms with Gasteiger partial charge in [-0.3, -0.25) is 24.1 Å². The van der Waals surface area contributed by atoms with E-state index in [9.17, 15) is 19.2 Å². The van der Waals surface area contributed by atoms with Crippen LogP contribution in [0.5, 0.6) is 0 Å². The Hall–Kier alpha value is -2.90. The summed E-state index contributed by atoms with van der Waals surface area (Å²) in [6.07, 6.45) is -0.726. The first kappa shape index (κ1) is 14.5. The highest BCUT2D eigenvalue weighted by Crippen LogP contribution is 2.31. The molecule has 110 valence electrons. The summed E-state index contributed by atoms with van der Waals surface area (Å²) in [5.74, 6) is -3.83. The standard InChI is InChI=1S/C13H13N3O5/c1-15-7-4-2-3-6-10(7)13(21)16(12(6)20)8(11(14)19)5-9(17)18/h2-4,8,15H,5H2,1H3,(H2,14,19)(H,17,18). The monoisotopic (exact) mass is 291 g/mol. The minimum Gasteiger partial charge on any atom is -0.481 e. The minimum absolute atomic E-state index is 0.113. The summed E-state index contributed by atoms with van der Waals surface area (Å²) in [5, 5.41) is 11.6. The molecule has 1 aromatic carbocycles. The molecule has 0 radical (unpaired) electrons. The van der Waals surface area contributed by atoms with E-state index in [1.165, 1.54) is 6.07 Å². The molecule has 0 aliphatic carbocycles. The van der Waals surface area contributed by atoms with E-state index in [0.717, 1.165) is 0 Å². The van der Waals surface area contributed by atoms with Crippen LogP contribution in [0, 0.1) is 0 Å². The fraction of sp³-hybridized carbons (Fsp3) is 0.231. The van der Waals surface area contributed by atoms with Crippen molar-refractivity contribution in [3.63, 3.8) is 0 Å². The normalized spacial score (nSPS) is 14.8. The maximum absolute atomic E-state index is 12.4. The maximum atomic E-state index is 12.4. The van der Waals surface area contributed by atoms with Crippen LogP contribution in [-0.2, 0) is 9.59 Å². The number of nitrogens with two attached hydrogens (primary N) is 1. The van der Waals surface area contributed by atoms with Crippen molar-refractivity contribution in [1.29, 1.82) is 0 Å². The van der Waals surface area contributed by atoms with Crippen LogP contribution in [-0.4, -0.2) is 46.8 Å². The molecule has 8 nitrogen and oxygen atoms in total. The fourth-order valence-electron chi connectivity index (χ4n) is 2.28. The zero-order valence-electron chi connectivity index (χ0n) is 11.1. The predicted octanol–water partition coefficient (Wildman–Crippen LogP) is -0.347. The Bertz CT molecular complexity index is 655. The highest BCUT2D eigenvalue weighted by molar-refractivity contribution is 6.25. The van der Waals surface area contributed by atoms with Gasteiger partial charge in [0.05, 0.1) is 17.5 Å². The Labute approximate surface area is 119 Å². The molecule has 3 amide bonds. The molecule has 2 rings (SSSR count). The van der Waals surface area contributed by atoms with Gasteiger partial charge in [0.2, 0.25) is 5.91 Å². The minimum atomic E-state index is -1.51. The van der Waals surface area contributed by atoms with Crippen LogP contribution in [0.4, 0.5) is 5.69 Å². The maximum Gasteiger partial charge on any atom is 0.306 e. The Morgan fingerprint density at radius 3 is 2.52 bits per heavy atom. The zero-order valence-corrected chi connectivity index (χ0v) is 11.1. The molecular weight excluding hydrogens is 278 g/mol. The number of nitrogens with zero attached hydrogens (tertiary/aromatic N) is 1. The van der Waals surface area contributed by atoms with Gasteiger partial charge in [-0.05, 0) is 12.1 Å². The summed E-state index contributed by atoms with van der Waals surface area (Å²) in [5.41, 5.74) is 5.78. The van der Waals surface area contributed by atoms with Gasteiger partial charge >= 0.3 is 5.97 Å². The SMILES string of the molecule is CNc1cccc2c1C(=O)N(C(CC(=O)O)C(N)=O)C2=O.